The number of hydrogen-bond acceptors (Lipinski definition) is 4. The summed E-state index contributed by atoms with van der Waals surface area (Å²) in [5.74, 6) is -0.161. The monoisotopic (exact) mass is 426 g/mol. The number of ketones is 1. The molecule has 2 heterocycles. The first kappa shape index (κ1) is 17.9. The van der Waals surface area contributed by atoms with Crippen LogP contribution in [0.3, 0.4) is 0 Å². The van der Waals surface area contributed by atoms with Crippen molar-refractivity contribution in [3.63, 3.8) is 0 Å². The molecule has 7 heteroatoms. The lowest BCUT2D eigenvalue weighted by molar-refractivity contribution is 0.0907. The summed E-state index contributed by atoms with van der Waals surface area (Å²) in [6, 6.07) is 7.77. The molecule has 27 heavy (non-hydrogen) atoms. The van der Waals surface area contributed by atoms with Gasteiger partial charge in [0.15, 0.2) is 11.4 Å². The molecule has 1 N–H and O–H groups in total. The highest BCUT2D eigenvalue weighted by Gasteiger charge is 2.33. The van der Waals surface area contributed by atoms with E-state index in [9.17, 15) is 9.59 Å². The van der Waals surface area contributed by atoms with Crippen molar-refractivity contribution in [3.8, 4) is 0 Å². The normalized spacial score (nSPS) is 15.6. The second-order valence-corrected chi connectivity index (χ2v) is 8.58. The van der Waals surface area contributed by atoms with E-state index in [1.54, 1.807) is 10.7 Å². The van der Waals surface area contributed by atoms with Crippen LogP contribution >= 0.6 is 15.9 Å². The Hall–Kier alpha value is -2.54. The van der Waals surface area contributed by atoms with Gasteiger partial charge in [-0.3, -0.25) is 9.59 Å². The second-order valence-electron chi connectivity index (χ2n) is 7.67. The molecule has 1 aliphatic carbocycles. The first-order chi connectivity index (χ1) is 12.8. The summed E-state index contributed by atoms with van der Waals surface area (Å²) in [6.07, 6.45) is 4.31. The number of nitrogens with zero attached hydrogens (tertiary/aromatic N) is 3. The molecular formula is C20H19BrN4O2. The van der Waals surface area contributed by atoms with Crippen molar-refractivity contribution in [3.05, 3.63) is 63.5 Å². The van der Waals surface area contributed by atoms with Gasteiger partial charge in [-0.05, 0) is 29.5 Å². The van der Waals surface area contributed by atoms with E-state index in [4.69, 9.17) is 0 Å². The van der Waals surface area contributed by atoms with Crippen LogP contribution in [0.25, 0.3) is 5.65 Å². The molecule has 3 aromatic rings. The molecule has 2 aromatic heterocycles. The molecule has 0 saturated heterocycles. The third kappa shape index (κ3) is 3.39. The molecule has 138 valence electrons. The maximum atomic E-state index is 12.7. The lowest BCUT2D eigenvalue weighted by Crippen LogP contribution is -2.29. The van der Waals surface area contributed by atoms with Crippen LogP contribution < -0.4 is 5.32 Å². The molecule has 0 spiro atoms. The average molecular weight is 427 g/mol. The highest BCUT2D eigenvalue weighted by molar-refractivity contribution is 9.10. The molecule has 1 aliphatic rings. The maximum absolute atomic E-state index is 12.7. The molecule has 0 radical (unpaired) electrons. The third-order valence-electron chi connectivity index (χ3n) is 4.80. The fourth-order valence-corrected chi connectivity index (χ4v) is 3.96. The van der Waals surface area contributed by atoms with Gasteiger partial charge in [0.25, 0.3) is 5.91 Å². The fourth-order valence-electron chi connectivity index (χ4n) is 3.51. The first-order valence-corrected chi connectivity index (χ1v) is 9.55. The van der Waals surface area contributed by atoms with Crippen molar-refractivity contribution in [1.29, 1.82) is 0 Å². The van der Waals surface area contributed by atoms with E-state index in [2.05, 4.69) is 45.2 Å². The Morgan fingerprint density at radius 2 is 2.11 bits per heavy atom. The molecule has 4 rings (SSSR count). The van der Waals surface area contributed by atoms with E-state index in [0.29, 0.717) is 36.2 Å². The number of hydrogen-bond donors (Lipinski definition) is 1. The van der Waals surface area contributed by atoms with Crippen molar-refractivity contribution in [1.82, 2.24) is 19.9 Å². The van der Waals surface area contributed by atoms with Crippen LogP contribution in [0.15, 0.2) is 41.1 Å². The van der Waals surface area contributed by atoms with Crippen LogP contribution in [-0.4, -0.2) is 26.3 Å². The van der Waals surface area contributed by atoms with E-state index in [1.165, 1.54) is 6.20 Å². The van der Waals surface area contributed by atoms with Crippen LogP contribution in [-0.2, 0) is 13.0 Å². The Labute approximate surface area is 165 Å². The minimum atomic E-state index is -0.237. The standard InChI is InChI=1S/C20H19BrN4O2/c1-20(2)7-16-14(17(26)8-20)10-22-18-15(11-24-25(16)18)19(27)23-9-12-4-3-5-13(21)6-12/h3-6,10-11H,7-9H2,1-2H3,(H,23,27). The molecule has 0 fully saturated rings. The van der Waals surface area contributed by atoms with Gasteiger partial charge >= 0.3 is 0 Å². The van der Waals surface area contributed by atoms with Gasteiger partial charge in [0.1, 0.15) is 5.56 Å². The summed E-state index contributed by atoms with van der Waals surface area (Å²) in [5, 5.41) is 7.26. The van der Waals surface area contributed by atoms with Gasteiger partial charge in [0.05, 0.1) is 17.5 Å². The van der Waals surface area contributed by atoms with Gasteiger partial charge in [-0.1, -0.05) is 41.9 Å². The molecule has 6 nitrogen and oxygen atoms in total. The van der Waals surface area contributed by atoms with Gasteiger partial charge in [0.2, 0.25) is 0 Å². The quantitative estimate of drug-likeness (QED) is 0.694. The number of aromatic nitrogens is 3. The zero-order valence-electron chi connectivity index (χ0n) is 15.1. The molecule has 0 aliphatic heterocycles. The van der Waals surface area contributed by atoms with Crippen LogP contribution in [0, 0.1) is 5.41 Å². The number of amides is 1. The number of halogens is 1. The molecule has 0 unspecified atom stereocenters. The third-order valence-corrected chi connectivity index (χ3v) is 5.29. The summed E-state index contributed by atoms with van der Waals surface area (Å²) in [4.78, 5) is 29.4. The number of Topliss-reactive ketones (excluding diaryl/α,β-unsaturated/α-hetero) is 1. The van der Waals surface area contributed by atoms with Crippen molar-refractivity contribution >= 4 is 33.3 Å². The lowest BCUT2D eigenvalue weighted by Gasteiger charge is -2.29. The van der Waals surface area contributed by atoms with E-state index < -0.39 is 0 Å². The van der Waals surface area contributed by atoms with E-state index in [1.807, 2.05) is 24.3 Å². The van der Waals surface area contributed by atoms with E-state index >= 15 is 0 Å². The number of nitrogens with one attached hydrogen (secondary N) is 1. The van der Waals surface area contributed by atoms with Gasteiger partial charge in [-0.2, -0.15) is 5.10 Å². The Morgan fingerprint density at radius 1 is 1.30 bits per heavy atom. The first-order valence-electron chi connectivity index (χ1n) is 8.75. The number of fused-ring (bicyclic) bond motifs is 3. The van der Waals surface area contributed by atoms with Crippen molar-refractivity contribution in [2.24, 2.45) is 5.41 Å². The van der Waals surface area contributed by atoms with Crippen LogP contribution in [0.2, 0.25) is 0 Å². The van der Waals surface area contributed by atoms with Crippen molar-refractivity contribution < 1.29 is 9.59 Å². The second kappa shape index (κ2) is 6.56. The number of carbonyl (C=O) groups excluding carboxylic acids is 2. The SMILES string of the molecule is CC1(C)CC(=O)c2cnc3c(C(=O)NCc4cccc(Br)c4)cnn3c2C1. The molecule has 0 saturated carbocycles. The number of carbonyl (C=O) groups is 2. The molecule has 0 atom stereocenters. The molecule has 0 bridgehead atoms. The number of rotatable bonds is 3. The minimum absolute atomic E-state index is 0.0757. The van der Waals surface area contributed by atoms with Gasteiger partial charge < -0.3 is 5.32 Å². The molecular weight excluding hydrogens is 408 g/mol. The average Bonchev–Trinajstić information content (AvgIpc) is 3.03. The van der Waals surface area contributed by atoms with Crippen LogP contribution in [0.1, 0.15) is 52.2 Å². The van der Waals surface area contributed by atoms with Gasteiger partial charge in [-0.25, -0.2) is 9.50 Å². The summed E-state index contributed by atoms with van der Waals surface area (Å²) < 4.78 is 2.60. The van der Waals surface area contributed by atoms with Crippen molar-refractivity contribution in [2.45, 2.75) is 33.2 Å². The van der Waals surface area contributed by atoms with Crippen molar-refractivity contribution in [2.75, 3.05) is 0 Å². The van der Waals surface area contributed by atoms with Gasteiger partial charge in [-0.15, -0.1) is 0 Å². The maximum Gasteiger partial charge on any atom is 0.257 e. The Bertz CT molecular complexity index is 1070. The lowest BCUT2D eigenvalue weighted by atomic mass is 9.76. The Kier molecular flexibility index (Phi) is 4.34. The molecule has 1 amide bonds. The predicted octanol–water partition coefficient (Wildman–Crippen LogP) is 3.58. The summed E-state index contributed by atoms with van der Waals surface area (Å²) >= 11 is 3.43. The zero-order valence-corrected chi connectivity index (χ0v) is 16.7. The predicted molar refractivity (Wildman–Crippen MR) is 105 cm³/mol. The smallest absolute Gasteiger partial charge is 0.257 e. The summed E-state index contributed by atoms with van der Waals surface area (Å²) in [6.45, 7) is 4.54. The van der Waals surface area contributed by atoms with Crippen LogP contribution in [0.4, 0.5) is 0 Å². The summed E-state index contributed by atoms with van der Waals surface area (Å²) in [5.41, 5.74) is 3.17. The number of benzene rings is 1. The highest BCUT2D eigenvalue weighted by atomic mass is 79.9. The van der Waals surface area contributed by atoms with Crippen LogP contribution in [0.5, 0.6) is 0 Å². The zero-order chi connectivity index (χ0) is 19.2. The Balaban J connectivity index is 1.64. The van der Waals surface area contributed by atoms with E-state index in [-0.39, 0.29) is 17.1 Å². The molecule has 1 aromatic carbocycles. The van der Waals surface area contributed by atoms with Gasteiger partial charge in [0, 0.05) is 23.6 Å². The minimum Gasteiger partial charge on any atom is -0.348 e. The fraction of sp³-hybridized carbons (Fsp3) is 0.300. The van der Waals surface area contributed by atoms with E-state index in [0.717, 1.165) is 15.7 Å². The largest absolute Gasteiger partial charge is 0.348 e. The summed E-state index contributed by atoms with van der Waals surface area (Å²) in [7, 11) is 0. The Morgan fingerprint density at radius 3 is 2.89 bits per heavy atom. The highest BCUT2D eigenvalue weighted by Crippen LogP contribution is 2.34. The topological polar surface area (TPSA) is 76.4 Å².